The summed E-state index contributed by atoms with van der Waals surface area (Å²) in [5.74, 6) is 0. The first-order valence-corrected chi connectivity index (χ1v) is 6.69. The third-order valence-corrected chi connectivity index (χ3v) is 3.80. The number of hydrogen-bond acceptors (Lipinski definition) is 2. The molecule has 0 radical (unpaired) electrons. The molecular weight excluding hydrogens is 212 g/mol. The molecule has 1 aliphatic rings. The second kappa shape index (κ2) is 5.69. The van der Waals surface area contributed by atoms with Crippen LogP contribution >= 0.6 is 0 Å². The van der Waals surface area contributed by atoms with E-state index < -0.39 is 0 Å². The van der Waals surface area contributed by atoms with E-state index in [0.29, 0.717) is 6.04 Å². The molecule has 0 spiro atoms. The molecule has 0 unspecified atom stereocenters. The van der Waals surface area contributed by atoms with Crippen LogP contribution in [0.2, 0.25) is 0 Å². The van der Waals surface area contributed by atoms with Crippen LogP contribution in [0.3, 0.4) is 0 Å². The fraction of sp³-hybridized carbons (Fsp3) is 0.714. The normalized spacial score (nSPS) is 17.6. The lowest BCUT2D eigenvalue weighted by Crippen LogP contribution is -2.34. The summed E-state index contributed by atoms with van der Waals surface area (Å²) in [5, 5.41) is 3.65. The van der Waals surface area contributed by atoms with Crippen LogP contribution in [0.4, 0.5) is 0 Å². The van der Waals surface area contributed by atoms with Gasteiger partial charge in [-0.15, -0.1) is 0 Å². The first kappa shape index (κ1) is 12.7. The van der Waals surface area contributed by atoms with Gasteiger partial charge in [-0.2, -0.15) is 0 Å². The number of ether oxygens (including phenoxy) is 1. The van der Waals surface area contributed by atoms with Crippen LogP contribution in [0.15, 0.2) is 6.07 Å². The SMILES string of the molecule is CCn1c(C)cc(CNC2CCOCC2)c1C. The van der Waals surface area contributed by atoms with Gasteiger partial charge in [-0.1, -0.05) is 0 Å². The van der Waals surface area contributed by atoms with Gasteiger partial charge in [0, 0.05) is 43.7 Å². The summed E-state index contributed by atoms with van der Waals surface area (Å²) in [6.45, 7) is 10.5. The van der Waals surface area contributed by atoms with Gasteiger partial charge in [0.1, 0.15) is 0 Å². The lowest BCUT2D eigenvalue weighted by molar-refractivity contribution is 0.0776. The Morgan fingerprint density at radius 3 is 2.65 bits per heavy atom. The number of nitrogens with zero attached hydrogens (tertiary/aromatic N) is 1. The summed E-state index contributed by atoms with van der Waals surface area (Å²) in [7, 11) is 0. The number of hydrogen-bond donors (Lipinski definition) is 1. The molecule has 1 aliphatic heterocycles. The van der Waals surface area contributed by atoms with Crippen molar-refractivity contribution in [3.63, 3.8) is 0 Å². The summed E-state index contributed by atoms with van der Waals surface area (Å²) >= 11 is 0. The van der Waals surface area contributed by atoms with Crippen molar-refractivity contribution in [3.8, 4) is 0 Å². The third kappa shape index (κ3) is 2.90. The van der Waals surface area contributed by atoms with Crippen molar-refractivity contribution >= 4 is 0 Å². The molecule has 2 heterocycles. The average Bonchev–Trinajstić information content (AvgIpc) is 2.63. The molecule has 1 N–H and O–H groups in total. The van der Waals surface area contributed by atoms with Gasteiger partial charge in [0.25, 0.3) is 0 Å². The molecule has 0 aliphatic carbocycles. The zero-order valence-electron chi connectivity index (χ0n) is 11.3. The van der Waals surface area contributed by atoms with Crippen LogP contribution in [-0.4, -0.2) is 23.8 Å². The van der Waals surface area contributed by atoms with Crippen molar-refractivity contribution in [3.05, 3.63) is 23.0 Å². The highest BCUT2D eigenvalue weighted by atomic mass is 16.5. The Morgan fingerprint density at radius 1 is 1.35 bits per heavy atom. The minimum atomic E-state index is 0.633. The molecule has 1 saturated heterocycles. The molecule has 3 heteroatoms. The van der Waals surface area contributed by atoms with Crippen LogP contribution in [0, 0.1) is 13.8 Å². The van der Waals surface area contributed by atoms with Gasteiger partial charge >= 0.3 is 0 Å². The molecule has 3 nitrogen and oxygen atoms in total. The van der Waals surface area contributed by atoms with E-state index >= 15 is 0 Å². The van der Waals surface area contributed by atoms with Crippen LogP contribution in [0.1, 0.15) is 36.7 Å². The van der Waals surface area contributed by atoms with Crippen LogP contribution in [0.5, 0.6) is 0 Å². The lowest BCUT2D eigenvalue weighted by Gasteiger charge is -2.23. The molecular formula is C14H24N2O. The van der Waals surface area contributed by atoms with Gasteiger partial charge in [-0.25, -0.2) is 0 Å². The fourth-order valence-corrected chi connectivity index (χ4v) is 2.69. The van der Waals surface area contributed by atoms with Gasteiger partial charge in [0.05, 0.1) is 0 Å². The minimum Gasteiger partial charge on any atom is -0.381 e. The van der Waals surface area contributed by atoms with Crippen molar-refractivity contribution in [1.29, 1.82) is 0 Å². The van der Waals surface area contributed by atoms with E-state index in [2.05, 4.69) is 36.7 Å². The predicted octanol–water partition coefficient (Wildman–Crippen LogP) is 2.39. The van der Waals surface area contributed by atoms with Crippen LogP contribution in [-0.2, 0) is 17.8 Å². The Morgan fingerprint density at radius 2 is 2.06 bits per heavy atom. The maximum atomic E-state index is 5.37. The molecule has 17 heavy (non-hydrogen) atoms. The molecule has 0 saturated carbocycles. The van der Waals surface area contributed by atoms with Gasteiger partial charge in [-0.3, -0.25) is 0 Å². The molecule has 2 rings (SSSR count). The highest BCUT2D eigenvalue weighted by Crippen LogP contribution is 2.15. The number of aryl methyl sites for hydroxylation is 1. The van der Waals surface area contributed by atoms with Crippen molar-refractivity contribution in [2.45, 2.75) is 52.7 Å². The molecule has 96 valence electrons. The molecule has 0 bridgehead atoms. The van der Waals surface area contributed by atoms with Crippen molar-refractivity contribution in [2.75, 3.05) is 13.2 Å². The highest BCUT2D eigenvalue weighted by Gasteiger charge is 2.14. The second-order valence-electron chi connectivity index (χ2n) is 4.91. The monoisotopic (exact) mass is 236 g/mol. The number of aromatic nitrogens is 1. The number of rotatable bonds is 4. The molecule has 0 amide bonds. The highest BCUT2D eigenvalue weighted by molar-refractivity contribution is 5.26. The summed E-state index contributed by atoms with van der Waals surface area (Å²) in [4.78, 5) is 0. The van der Waals surface area contributed by atoms with E-state index in [1.807, 2.05) is 0 Å². The largest absolute Gasteiger partial charge is 0.381 e. The van der Waals surface area contributed by atoms with E-state index in [1.165, 1.54) is 17.0 Å². The quantitative estimate of drug-likeness (QED) is 0.868. The van der Waals surface area contributed by atoms with Gasteiger partial charge in [0.15, 0.2) is 0 Å². The summed E-state index contributed by atoms with van der Waals surface area (Å²) in [6, 6.07) is 2.94. The molecule has 0 atom stereocenters. The number of nitrogens with one attached hydrogen (secondary N) is 1. The summed E-state index contributed by atoms with van der Waals surface area (Å²) in [6.07, 6.45) is 2.29. The Labute approximate surface area is 104 Å². The fourth-order valence-electron chi connectivity index (χ4n) is 2.69. The summed E-state index contributed by atoms with van der Waals surface area (Å²) < 4.78 is 7.75. The molecule has 1 aromatic heterocycles. The van der Waals surface area contributed by atoms with E-state index in [-0.39, 0.29) is 0 Å². The average molecular weight is 236 g/mol. The Hall–Kier alpha value is -0.800. The Bertz CT molecular complexity index is 365. The van der Waals surface area contributed by atoms with E-state index in [1.54, 1.807) is 0 Å². The maximum absolute atomic E-state index is 5.37. The minimum absolute atomic E-state index is 0.633. The van der Waals surface area contributed by atoms with Gasteiger partial charge in [-0.05, 0) is 45.2 Å². The van der Waals surface area contributed by atoms with Crippen LogP contribution in [0.25, 0.3) is 0 Å². The van der Waals surface area contributed by atoms with E-state index in [9.17, 15) is 0 Å². The van der Waals surface area contributed by atoms with Crippen LogP contribution < -0.4 is 5.32 Å². The van der Waals surface area contributed by atoms with E-state index in [4.69, 9.17) is 4.74 Å². The smallest absolute Gasteiger partial charge is 0.0480 e. The van der Waals surface area contributed by atoms with E-state index in [0.717, 1.165) is 39.1 Å². The first-order chi connectivity index (χ1) is 8.22. The van der Waals surface area contributed by atoms with Crippen molar-refractivity contribution in [2.24, 2.45) is 0 Å². The predicted molar refractivity (Wildman–Crippen MR) is 70.3 cm³/mol. The Balaban J connectivity index is 1.94. The molecule has 1 aromatic rings. The maximum Gasteiger partial charge on any atom is 0.0480 e. The lowest BCUT2D eigenvalue weighted by atomic mass is 10.1. The molecule has 1 fully saturated rings. The zero-order chi connectivity index (χ0) is 12.3. The standard InChI is InChI=1S/C14H24N2O/c1-4-16-11(2)9-13(12(16)3)10-15-14-5-7-17-8-6-14/h9,14-15H,4-8,10H2,1-3H3. The topological polar surface area (TPSA) is 26.2 Å². The third-order valence-electron chi connectivity index (χ3n) is 3.80. The summed E-state index contributed by atoms with van der Waals surface area (Å²) in [5.41, 5.74) is 4.22. The van der Waals surface area contributed by atoms with Gasteiger partial charge < -0.3 is 14.6 Å². The molecule has 0 aromatic carbocycles. The Kier molecular flexibility index (Phi) is 4.24. The first-order valence-electron chi connectivity index (χ1n) is 6.69. The second-order valence-corrected chi connectivity index (χ2v) is 4.91. The van der Waals surface area contributed by atoms with Gasteiger partial charge in [0.2, 0.25) is 0 Å². The zero-order valence-corrected chi connectivity index (χ0v) is 11.3. The van der Waals surface area contributed by atoms with Crippen molar-refractivity contribution < 1.29 is 4.74 Å². The van der Waals surface area contributed by atoms with Crippen molar-refractivity contribution in [1.82, 2.24) is 9.88 Å².